The summed E-state index contributed by atoms with van der Waals surface area (Å²) in [4.78, 5) is 12.6. The van der Waals surface area contributed by atoms with E-state index in [-0.39, 0.29) is 31.6 Å². The Kier molecular flexibility index (Phi) is 6.35. The van der Waals surface area contributed by atoms with Gasteiger partial charge in [0.25, 0.3) is 0 Å². The highest BCUT2D eigenvalue weighted by Gasteiger charge is 2.24. The van der Waals surface area contributed by atoms with Gasteiger partial charge in [0.2, 0.25) is 0 Å². The van der Waals surface area contributed by atoms with E-state index in [4.69, 9.17) is 9.84 Å². The fraction of sp³-hybridized carbons (Fsp3) is 0.240. The summed E-state index contributed by atoms with van der Waals surface area (Å²) in [6, 6.07) is 14.0. The topological polar surface area (TPSA) is 49.8 Å². The van der Waals surface area contributed by atoms with Crippen LogP contribution in [0.3, 0.4) is 0 Å². The molecule has 32 heavy (non-hydrogen) atoms. The van der Waals surface area contributed by atoms with Crippen molar-refractivity contribution < 1.29 is 27.8 Å². The summed E-state index contributed by atoms with van der Waals surface area (Å²) in [7, 11) is 0. The third-order valence-corrected chi connectivity index (χ3v) is 5.61. The lowest BCUT2D eigenvalue weighted by Crippen LogP contribution is -2.22. The molecule has 4 rings (SSSR count). The van der Waals surface area contributed by atoms with Crippen molar-refractivity contribution in [3.63, 3.8) is 0 Å². The number of para-hydroxylation sites is 1. The summed E-state index contributed by atoms with van der Waals surface area (Å²) in [5, 5.41) is 8.76. The Morgan fingerprint density at radius 3 is 2.44 bits per heavy atom. The predicted molar refractivity (Wildman–Crippen MR) is 114 cm³/mol. The summed E-state index contributed by atoms with van der Waals surface area (Å²) >= 11 is 0. The summed E-state index contributed by atoms with van der Waals surface area (Å²) in [6.07, 6.45) is 0.715. The molecule has 1 aliphatic heterocycles. The van der Waals surface area contributed by atoms with Gasteiger partial charge in [-0.15, -0.1) is 0 Å². The molecule has 0 atom stereocenters. The van der Waals surface area contributed by atoms with Gasteiger partial charge in [-0.2, -0.15) is 0 Å². The molecule has 0 bridgehead atoms. The molecule has 0 saturated heterocycles. The first-order valence-electron chi connectivity index (χ1n) is 10.3. The Morgan fingerprint density at radius 2 is 1.72 bits per heavy atom. The zero-order valence-corrected chi connectivity index (χ0v) is 17.3. The lowest BCUT2D eigenvalue weighted by atomic mass is 10.1. The fourth-order valence-electron chi connectivity index (χ4n) is 3.99. The van der Waals surface area contributed by atoms with Gasteiger partial charge in [-0.3, -0.25) is 4.79 Å². The highest BCUT2D eigenvalue weighted by molar-refractivity contribution is 5.67. The zero-order chi connectivity index (χ0) is 22.7. The molecular formula is C25H22F3NO3. The number of rotatable bonds is 8. The second-order valence-electron chi connectivity index (χ2n) is 7.73. The molecule has 0 fully saturated rings. The van der Waals surface area contributed by atoms with Crippen LogP contribution in [0.2, 0.25) is 0 Å². The van der Waals surface area contributed by atoms with Crippen LogP contribution in [0.1, 0.15) is 28.7 Å². The molecular weight excluding hydrogens is 419 g/mol. The van der Waals surface area contributed by atoms with Crippen molar-refractivity contribution in [3.05, 3.63) is 94.3 Å². The lowest BCUT2D eigenvalue weighted by Gasteiger charge is -2.23. The van der Waals surface area contributed by atoms with Crippen molar-refractivity contribution in [1.29, 1.82) is 0 Å². The van der Waals surface area contributed by atoms with E-state index in [1.807, 2.05) is 23.1 Å². The zero-order valence-electron chi connectivity index (χ0n) is 17.3. The van der Waals surface area contributed by atoms with Crippen LogP contribution in [0.25, 0.3) is 0 Å². The van der Waals surface area contributed by atoms with E-state index in [0.717, 1.165) is 23.2 Å². The van der Waals surface area contributed by atoms with Crippen molar-refractivity contribution in [2.45, 2.75) is 32.4 Å². The average molecular weight is 441 g/mol. The summed E-state index contributed by atoms with van der Waals surface area (Å²) in [5.41, 5.74) is 3.13. The Bertz CT molecular complexity index is 1130. The number of hydrogen-bond acceptors (Lipinski definition) is 3. The van der Waals surface area contributed by atoms with Crippen molar-refractivity contribution in [3.8, 4) is 5.75 Å². The molecule has 0 spiro atoms. The number of aryl methyl sites for hydroxylation is 1. The first kappa shape index (κ1) is 21.7. The molecule has 3 aromatic rings. The highest BCUT2D eigenvalue weighted by atomic mass is 19.1. The molecule has 0 aliphatic carbocycles. The maximum absolute atomic E-state index is 14.3. The number of nitrogens with zero attached hydrogens (tertiary/aromatic N) is 1. The molecule has 0 radical (unpaired) electrons. The van der Waals surface area contributed by atoms with Crippen LogP contribution in [-0.4, -0.2) is 17.6 Å². The van der Waals surface area contributed by atoms with Gasteiger partial charge in [-0.25, -0.2) is 13.2 Å². The number of ether oxygens (including phenoxy) is 1. The largest absolute Gasteiger partial charge is 0.489 e. The van der Waals surface area contributed by atoms with Crippen LogP contribution in [0, 0.1) is 17.5 Å². The van der Waals surface area contributed by atoms with Gasteiger partial charge in [-0.1, -0.05) is 30.3 Å². The van der Waals surface area contributed by atoms with Gasteiger partial charge in [0.1, 0.15) is 29.8 Å². The smallest absolute Gasteiger partial charge is 0.303 e. The number of carbonyl (C=O) groups is 1. The molecule has 1 N–H and O–H groups in total. The van der Waals surface area contributed by atoms with Gasteiger partial charge in [0.15, 0.2) is 0 Å². The van der Waals surface area contributed by atoms with E-state index in [0.29, 0.717) is 17.9 Å². The second kappa shape index (κ2) is 9.34. The van der Waals surface area contributed by atoms with Crippen LogP contribution < -0.4 is 9.64 Å². The molecule has 166 valence electrons. The van der Waals surface area contributed by atoms with Crippen LogP contribution in [0.4, 0.5) is 18.9 Å². The molecule has 0 aromatic heterocycles. The van der Waals surface area contributed by atoms with Crippen molar-refractivity contribution >= 4 is 11.7 Å². The number of halogens is 3. The minimum atomic E-state index is -0.984. The van der Waals surface area contributed by atoms with Crippen LogP contribution in [-0.2, 0) is 30.8 Å². The maximum atomic E-state index is 14.3. The van der Waals surface area contributed by atoms with Crippen molar-refractivity contribution in [2.75, 3.05) is 11.4 Å². The third-order valence-electron chi connectivity index (χ3n) is 5.61. The molecule has 1 aliphatic rings. The van der Waals surface area contributed by atoms with Gasteiger partial charge >= 0.3 is 5.97 Å². The van der Waals surface area contributed by atoms with Crippen LogP contribution in [0.5, 0.6) is 5.75 Å². The van der Waals surface area contributed by atoms with Crippen LogP contribution in [0.15, 0.2) is 54.6 Å². The maximum Gasteiger partial charge on any atom is 0.303 e. The number of carboxylic acid groups (broad SMARTS) is 1. The molecule has 4 nitrogen and oxygen atoms in total. The monoisotopic (exact) mass is 441 g/mol. The third kappa shape index (κ3) is 4.72. The lowest BCUT2D eigenvalue weighted by molar-refractivity contribution is -0.136. The summed E-state index contributed by atoms with van der Waals surface area (Å²) in [6.45, 7) is 0.899. The second-order valence-corrected chi connectivity index (χ2v) is 7.73. The van der Waals surface area contributed by atoms with E-state index in [1.165, 1.54) is 30.3 Å². The number of aliphatic carboxylic acids is 1. The first-order valence-corrected chi connectivity index (χ1v) is 10.3. The molecule has 0 unspecified atom stereocenters. The number of hydrogen-bond donors (Lipinski definition) is 1. The molecule has 1 heterocycles. The minimum Gasteiger partial charge on any atom is -0.489 e. The molecule has 3 aromatic carbocycles. The Morgan fingerprint density at radius 1 is 0.969 bits per heavy atom. The number of fused-ring (bicyclic) bond motifs is 1. The quantitative estimate of drug-likeness (QED) is 0.518. The molecule has 0 amide bonds. The first-order chi connectivity index (χ1) is 15.4. The van der Waals surface area contributed by atoms with E-state index in [1.54, 1.807) is 6.07 Å². The Hall–Kier alpha value is -3.48. The molecule has 0 saturated carbocycles. The SMILES string of the molecule is O=C(O)CCc1ccc(OCc2cccc3c2N(Cc2c(F)cccc2F)CC3)cc1F. The van der Waals surface area contributed by atoms with Gasteiger partial charge < -0.3 is 14.7 Å². The minimum absolute atomic E-state index is 0.0232. The Labute approximate surface area is 183 Å². The normalized spacial score (nSPS) is 12.7. The standard InChI is InChI=1S/C25H22F3NO3/c26-21-5-2-6-22(27)20(21)14-29-12-11-17-3-1-4-18(25(17)29)15-32-19-9-7-16(23(28)13-19)8-10-24(30)31/h1-7,9,13H,8,10-12,14-15H2,(H,30,31). The predicted octanol–water partition coefficient (Wildman–Crippen LogP) is 5.26. The fourth-order valence-corrected chi connectivity index (χ4v) is 3.99. The van der Waals surface area contributed by atoms with Crippen molar-refractivity contribution in [2.24, 2.45) is 0 Å². The average Bonchev–Trinajstić information content (AvgIpc) is 3.17. The van der Waals surface area contributed by atoms with Gasteiger partial charge in [0.05, 0.1) is 0 Å². The van der Waals surface area contributed by atoms with Crippen molar-refractivity contribution in [1.82, 2.24) is 0 Å². The van der Waals surface area contributed by atoms with Gasteiger partial charge in [0, 0.05) is 42.4 Å². The summed E-state index contributed by atoms with van der Waals surface area (Å²) < 4.78 is 48.4. The van der Waals surface area contributed by atoms with Gasteiger partial charge in [-0.05, 0) is 42.2 Å². The molecule has 7 heteroatoms. The van der Waals surface area contributed by atoms with E-state index < -0.39 is 23.4 Å². The van der Waals surface area contributed by atoms with E-state index >= 15 is 0 Å². The number of benzene rings is 3. The van der Waals surface area contributed by atoms with E-state index in [2.05, 4.69) is 0 Å². The highest BCUT2D eigenvalue weighted by Crippen LogP contribution is 2.34. The van der Waals surface area contributed by atoms with Crippen LogP contribution >= 0.6 is 0 Å². The summed E-state index contributed by atoms with van der Waals surface area (Å²) in [5.74, 6) is -2.33. The number of anilines is 1. The number of carboxylic acids is 1. The van der Waals surface area contributed by atoms with E-state index in [9.17, 15) is 18.0 Å². The Balaban J connectivity index is 1.50.